The van der Waals surface area contributed by atoms with E-state index in [0.717, 1.165) is 21.5 Å². The van der Waals surface area contributed by atoms with E-state index >= 15 is 0 Å². The molecule has 0 saturated carbocycles. The number of sulfonamides is 1. The van der Waals surface area contributed by atoms with E-state index in [1.165, 1.54) is 11.9 Å². The van der Waals surface area contributed by atoms with Crippen molar-refractivity contribution in [1.82, 2.24) is 10.2 Å². The van der Waals surface area contributed by atoms with Crippen LogP contribution in [0.2, 0.25) is 10.0 Å². The minimum absolute atomic E-state index is 0.102. The molecule has 208 valence electrons. The van der Waals surface area contributed by atoms with E-state index < -0.39 is 34.4 Å². The Hall–Kier alpha value is -3.59. The fraction of sp³-hybridized carbons (Fsp3) is 0.200. The van der Waals surface area contributed by atoms with Gasteiger partial charge >= 0.3 is 0 Å². The van der Waals surface area contributed by atoms with Crippen molar-refractivity contribution >= 4 is 61.5 Å². The molecule has 2 amide bonds. The summed E-state index contributed by atoms with van der Waals surface area (Å²) in [5.41, 5.74) is 1.65. The molecule has 0 bridgehead atoms. The predicted molar refractivity (Wildman–Crippen MR) is 161 cm³/mol. The molecular formula is C30H29Cl2N3O4S. The van der Waals surface area contributed by atoms with Crippen molar-refractivity contribution in [1.29, 1.82) is 0 Å². The lowest BCUT2D eigenvalue weighted by Gasteiger charge is -2.33. The van der Waals surface area contributed by atoms with Gasteiger partial charge in [-0.25, -0.2) is 8.42 Å². The molecule has 4 rings (SSSR count). The highest BCUT2D eigenvalue weighted by molar-refractivity contribution is 7.92. The normalized spacial score (nSPS) is 12.1. The van der Waals surface area contributed by atoms with Crippen LogP contribution in [0.1, 0.15) is 11.1 Å². The second-order valence-electron chi connectivity index (χ2n) is 9.31. The number of halogens is 2. The predicted octanol–water partition coefficient (Wildman–Crippen LogP) is 5.30. The van der Waals surface area contributed by atoms with E-state index in [9.17, 15) is 18.0 Å². The minimum atomic E-state index is -3.90. The summed E-state index contributed by atoms with van der Waals surface area (Å²) in [6.07, 6.45) is 1.25. The number of amides is 2. The molecule has 0 unspecified atom stereocenters. The largest absolute Gasteiger partial charge is 0.357 e. The number of hydrogen-bond acceptors (Lipinski definition) is 4. The third kappa shape index (κ3) is 6.75. The highest BCUT2D eigenvalue weighted by Crippen LogP contribution is 2.30. The SMILES string of the molecule is CNC(=O)[C@H](Cc1ccccc1)N(Cc1c(Cl)cccc1Cl)C(=O)CN(c1cccc2ccccc12)S(C)(=O)=O. The molecule has 10 heteroatoms. The average Bonchev–Trinajstić information content (AvgIpc) is 2.94. The zero-order valence-electron chi connectivity index (χ0n) is 22.1. The van der Waals surface area contributed by atoms with Gasteiger partial charge in [-0.1, -0.05) is 96.0 Å². The molecule has 4 aromatic carbocycles. The fourth-order valence-corrected chi connectivity index (χ4v) is 5.97. The molecule has 40 heavy (non-hydrogen) atoms. The number of benzene rings is 4. The number of nitrogens with zero attached hydrogens (tertiary/aromatic N) is 2. The van der Waals surface area contributed by atoms with Gasteiger partial charge in [0.15, 0.2) is 0 Å². The van der Waals surface area contributed by atoms with Crippen molar-refractivity contribution in [2.45, 2.75) is 19.0 Å². The Labute approximate surface area is 244 Å². The summed E-state index contributed by atoms with van der Waals surface area (Å²) in [7, 11) is -2.41. The summed E-state index contributed by atoms with van der Waals surface area (Å²) < 4.78 is 27.2. The lowest BCUT2D eigenvalue weighted by atomic mass is 10.0. The number of likely N-dealkylation sites (N-methyl/N-ethyl adjacent to an activating group) is 1. The summed E-state index contributed by atoms with van der Waals surface area (Å²) >= 11 is 12.9. The first-order valence-corrected chi connectivity index (χ1v) is 15.1. The van der Waals surface area contributed by atoms with Crippen LogP contribution in [0, 0.1) is 0 Å². The van der Waals surface area contributed by atoms with Gasteiger partial charge in [0.25, 0.3) is 0 Å². The first-order chi connectivity index (χ1) is 19.1. The molecular weight excluding hydrogens is 569 g/mol. The summed E-state index contributed by atoms with van der Waals surface area (Å²) in [6, 6.07) is 25.9. The number of rotatable bonds is 10. The Bertz CT molecular complexity index is 1610. The van der Waals surface area contributed by atoms with Crippen molar-refractivity contribution in [3.8, 4) is 0 Å². The van der Waals surface area contributed by atoms with E-state index in [1.807, 2.05) is 48.5 Å². The Morgan fingerprint density at radius 1 is 0.850 bits per heavy atom. The smallest absolute Gasteiger partial charge is 0.244 e. The van der Waals surface area contributed by atoms with Crippen molar-refractivity contribution in [2.75, 3.05) is 24.2 Å². The third-order valence-corrected chi connectivity index (χ3v) is 8.46. The zero-order chi connectivity index (χ0) is 28.9. The molecule has 0 aliphatic heterocycles. The molecule has 0 heterocycles. The van der Waals surface area contributed by atoms with Gasteiger partial charge in [-0.2, -0.15) is 0 Å². The second kappa shape index (κ2) is 12.7. The number of carbonyl (C=O) groups excluding carboxylic acids is 2. The van der Waals surface area contributed by atoms with Crippen LogP contribution in [0.15, 0.2) is 91.0 Å². The van der Waals surface area contributed by atoms with Crippen molar-refractivity contribution in [3.63, 3.8) is 0 Å². The molecule has 0 aliphatic carbocycles. The van der Waals surface area contributed by atoms with Crippen LogP contribution < -0.4 is 9.62 Å². The Kier molecular flexibility index (Phi) is 9.35. The maximum absolute atomic E-state index is 14.1. The van der Waals surface area contributed by atoms with E-state index in [1.54, 1.807) is 42.5 Å². The first kappa shape index (κ1) is 29.4. The molecule has 1 atom stereocenters. The van der Waals surface area contributed by atoms with E-state index in [0.29, 0.717) is 26.7 Å². The van der Waals surface area contributed by atoms with Crippen molar-refractivity contribution in [2.24, 2.45) is 0 Å². The van der Waals surface area contributed by atoms with Gasteiger partial charge in [0.2, 0.25) is 21.8 Å². The van der Waals surface area contributed by atoms with Gasteiger partial charge in [-0.05, 0) is 29.1 Å². The molecule has 0 saturated heterocycles. The molecule has 0 radical (unpaired) electrons. The number of nitrogens with one attached hydrogen (secondary N) is 1. The number of carbonyl (C=O) groups is 2. The Balaban J connectivity index is 1.80. The summed E-state index contributed by atoms with van der Waals surface area (Å²) in [6.45, 7) is -0.632. The third-order valence-electron chi connectivity index (χ3n) is 6.62. The molecule has 0 fully saturated rings. The second-order valence-corrected chi connectivity index (χ2v) is 12.0. The van der Waals surface area contributed by atoms with Crippen LogP contribution in [0.5, 0.6) is 0 Å². The van der Waals surface area contributed by atoms with Gasteiger partial charge < -0.3 is 10.2 Å². The van der Waals surface area contributed by atoms with Crippen LogP contribution in [0.25, 0.3) is 10.8 Å². The molecule has 0 spiro atoms. The summed E-state index contributed by atoms with van der Waals surface area (Å²) in [5, 5.41) is 4.81. The van der Waals surface area contributed by atoms with E-state index in [2.05, 4.69) is 5.32 Å². The van der Waals surface area contributed by atoms with Gasteiger partial charge in [0, 0.05) is 41.0 Å². The van der Waals surface area contributed by atoms with Gasteiger partial charge in [0.1, 0.15) is 12.6 Å². The molecule has 4 aromatic rings. The molecule has 1 N–H and O–H groups in total. The lowest BCUT2D eigenvalue weighted by molar-refractivity contribution is -0.139. The number of fused-ring (bicyclic) bond motifs is 1. The van der Waals surface area contributed by atoms with Gasteiger partial charge in [0.05, 0.1) is 11.9 Å². The molecule has 0 aliphatic rings. The van der Waals surface area contributed by atoms with E-state index in [-0.39, 0.29) is 13.0 Å². The van der Waals surface area contributed by atoms with Crippen molar-refractivity contribution < 1.29 is 18.0 Å². The molecule has 0 aromatic heterocycles. The summed E-state index contributed by atoms with van der Waals surface area (Å²) in [5.74, 6) is -0.990. The highest BCUT2D eigenvalue weighted by Gasteiger charge is 2.33. The maximum atomic E-state index is 14.1. The fourth-order valence-electron chi connectivity index (χ4n) is 4.59. The van der Waals surface area contributed by atoms with E-state index in [4.69, 9.17) is 23.2 Å². The van der Waals surface area contributed by atoms with Crippen LogP contribution in [-0.2, 0) is 32.6 Å². The number of anilines is 1. The Morgan fingerprint density at radius 2 is 1.45 bits per heavy atom. The van der Waals surface area contributed by atoms with Gasteiger partial charge in [-0.3, -0.25) is 13.9 Å². The standard InChI is InChI=1S/C30H29Cl2N3O4S/c1-33-30(37)28(18-21-10-4-3-5-11-21)34(19-24-25(31)15-9-16-26(24)32)29(36)20-35(40(2,38)39)27-17-8-13-22-12-6-7-14-23(22)27/h3-17,28H,18-20H2,1-2H3,(H,33,37)/t28-/m0/s1. The maximum Gasteiger partial charge on any atom is 0.244 e. The van der Waals surface area contributed by atoms with Crippen LogP contribution in [0.4, 0.5) is 5.69 Å². The minimum Gasteiger partial charge on any atom is -0.357 e. The Morgan fingerprint density at radius 3 is 2.10 bits per heavy atom. The summed E-state index contributed by atoms with van der Waals surface area (Å²) in [4.78, 5) is 28.7. The topological polar surface area (TPSA) is 86.8 Å². The van der Waals surface area contributed by atoms with Crippen LogP contribution in [0.3, 0.4) is 0 Å². The number of hydrogen-bond donors (Lipinski definition) is 1. The van der Waals surface area contributed by atoms with Crippen molar-refractivity contribution in [3.05, 3.63) is 112 Å². The highest BCUT2D eigenvalue weighted by atomic mass is 35.5. The van der Waals surface area contributed by atoms with Crippen LogP contribution >= 0.6 is 23.2 Å². The first-order valence-electron chi connectivity index (χ1n) is 12.5. The van der Waals surface area contributed by atoms with Crippen LogP contribution in [-0.4, -0.2) is 51.0 Å². The average molecular weight is 599 g/mol. The lowest BCUT2D eigenvalue weighted by Crippen LogP contribution is -2.53. The quantitative estimate of drug-likeness (QED) is 0.269. The monoisotopic (exact) mass is 597 g/mol. The van der Waals surface area contributed by atoms with Gasteiger partial charge in [-0.15, -0.1) is 0 Å². The zero-order valence-corrected chi connectivity index (χ0v) is 24.4. The molecule has 7 nitrogen and oxygen atoms in total.